The lowest BCUT2D eigenvalue weighted by Gasteiger charge is -2.31. The van der Waals surface area contributed by atoms with E-state index in [2.05, 4.69) is 10.4 Å². The third kappa shape index (κ3) is 7.51. The van der Waals surface area contributed by atoms with Crippen LogP contribution in [0.25, 0.3) is 0 Å². The van der Waals surface area contributed by atoms with Crippen molar-refractivity contribution >= 4 is 19.5 Å². The lowest BCUT2D eigenvalue weighted by atomic mass is 10.1. The second kappa shape index (κ2) is 11.6. The molecule has 0 fully saturated rings. The van der Waals surface area contributed by atoms with Gasteiger partial charge in [-0.2, -0.15) is 0 Å². The Bertz CT molecular complexity index is 893. The Morgan fingerprint density at radius 1 is 1.00 bits per heavy atom. The molecule has 2 aromatic rings. The molecule has 4 N–H and O–H groups in total. The minimum atomic E-state index is -3.75. The highest BCUT2D eigenvalue weighted by molar-refractivity contribution is 7.57. The van der Waals surface area contributed by atoms with Gasteiger partial charge in [-0.3, -0.25) is 9.36 Å². The Balaban J connectivity index is 2.21. The van der Waals surface area contributed by atoms with Crippen molar-refractivity contribution in [2.75, 3.05) is 7.11 Å². The molecule has 0 saturated heterocycles. The van der Waals surface area contributed by atoms with E-state index in [4.69, 9.17) is 15.0 Å². The molecular weight excluding hydrogens is 417 g/mol. The summed E-state index contributed by atoms with van der Waals surface area (Å²) in [5, 5.41) is 5.41. The number of benzene rings is 2. The largest absolute Gasteiger partial charge is 0.445 e. The summed E-state index contributed by atoms with van der Waals surface area (Å²) in [5.74, 6) is -1.87. The third-order valence-electron chi connectivity index (χ3n) is 4.74. The SMILES string of the molecule is COP(=O)(N[C@H](C(N)=O)C(C)C)C(Cc1ccccc1)NC(=O)OCc1ccccc1. The molecule has 0 heterocycles. The summed E-state index contributed by atoms with van der Waals surface area (Å²) in [6.07, 6.45) is -0.549. The third-order valence-corrected chi connectivity index (χ3v) is 7.06. The summed E-state index contributed by atoms with van der Waals surface area (Å²) in [5.41, 5.74) is 7.12. The van der Waals surface area contributed by atoms with Crippen LogP contribution in [0, 0.1) is 5.92 Å². The smallest absolute Gasteiger partial charge is 0.408 e. The number of carbonyl (C=O) groups is 2. The Morgan fingerprint density at radius 2 is 1.55 bits per heavy atom. The number of alkyl carbamates (subject to hydrolysis) is 1. The maximum atomic E-state index is 13.7. The quantitative estimate of drug-likeness (QED) is 0.454. The van der Waals surface area contributed by atoms with Gasteiger partial charge < -0.3 is 20.3 Å². The molecule has 0 spiro atoms. The number of carbonyl (C=O) groups excluding carboxylic acids is 2. The maximum Gasteiger partial charge on any atom is 0.408 e. The number of rotatable bonds is 11. The molecule has 0 bridgehead atoms. The van der Waals surface area contributed by atoms with Crippen LogP contribution in [0.4, 0.5) is 4.79 Å². The second-order valence-corrected chi connectivity index (χ2v) is 9.89. The van der Waals surface area contributed by atoms with Crippen LogP contribution in [0.3, 0.4) is 0 Å². The van der Waals surface area contributed by atoms with E-state index in [-0.39, 0.29) is 18.9 Å². The average molecular weight is 447 g/mol. The molecule has 2 rings (SSSR count). The van der Waals surface area contributed by atoms with Crippen LogP contribution in [0.5, 0.6) is 0 Å². The zero-order valence-corrected chi connectivity index (χ0v) is 18.9. The number of amides is 2. The molecule has 0 aliphatic carbocycles. The predicted octanol–water partition coefficient (Wildman–Crippen LogP) is 3.42. The molecule has 31 heavy (non-hydrogen) atoms. The zero-order valence-electron chi connectivity index (χ0n) is 18.0. The van der Waals surface area contributed by atoms with Crippen molar-refractivity contribution < 1.29 is 23.4 Å². The number of nitrogens with two attached hydrogens (primary N) is 1. The van der Waals surface area contributed by atoms with Crippen molar-refractivity contribution in [3.05, 3.63) is 71.8 Å². The first-order valence-electron chi connectivity index (χ1n) is 9.99. The van der Waals surface area contributed by atoms with E-state index in [0.717, 1.165) is 11.1 Å². The second-order valence-electron chi connectivity index (χ2n) is 7.44. The predicted molar refractivity (Wildman–Crippen MR) is 119 cm³/mol. The van der Waals surface area contributed by atoms with Crippen molar-refractivity contribution in [1.29, 1.82) is 0 Å². The Morgan fingerprint density at radius 3 is 2.03 bits per heavy atom. The average Bonchev–Trinajstić information content (AvgIpc) is 2.76. The standard InChI is InChI=1S/C22H30N3O5P/c1-16(2)20(21(23)26)25-31(28,29-3)19(14-17-10-6-4-7-11-17)24-22(27)30-15-18-12-8-5-9-13-18/h4-13,16,19-20H,14-15H2,1-3H3,(H2,23,26)(H,24,27)(H,25,28)/t19?,20-,31?/m0/s1. The Labute approximate surface area is 183 Å². The topological polar surface area (TPSA) is 120 Å². The first-order valence-corrected chi connectivity index (χ1v) is 11.7. The van der Waals surface area contributed by atoms with Crippen LogP contribution in [-0.4, -0.2) is 30.9 Å². The molecule has 2 amide bonds. The summed E-state index contributed by atoms with van der Waals surface area (Å²) >= 11 is 0. The van der Waals surface area contributed by atoms with Crippen LogP contribution >= 0.6 is 7.52 Å². The van der Waals surface area contributed by atoms with E-state index in [9.17, 15) is 14.2 Å². The molecule has 0 aromatic heterocycles. The fraction of sp³-hybridized carbons (Fsp3) is 0.364. The van der Waals surface area contributed by atoms with E-state index in [1.807, 2.05) is 60.7 Å². The van der Waals surface area contributed by atoms with Crippen LogP contribution < -0.4 is 16.1 Å². The van der Waals surface area contributed by atoms with Crippen molar-refractivity contribution in [3.63, 3.8) is 0 Å². The van der Waals surface area contributed by atoms with Gasteiger partial charge in [0.2, 0.25) is 5.91 Å². The first-order chi connectivity index (χ1) is 14.7. The van der Waals surface area contributed by atoms with Gasteiger partial charge >= 0.3 is 6.09 Å². The van der Waals surface area contributed by atoms with Gasteiger partial charge in [0.25, 0.3) is 7.52 Å². The number of ether oxygens (including phenoxy) is 1. The van der Waals surface area contributed by atoms with Gasteiger partial charge in [0, 0.05) is 13.5 Å². The van der Waals surface area contributed by atoms with E-state index in [1.165, 1.54) is 7.11 Å². The zero-order chi connectivity index (χ0) is 22.9. The monoisotopic (exact) mass is 447 g/mol. The maximum absolute atomic E-state index is 13.7. The number of nitrogens with one attached hydrogen (secondary N) is 2. The molecule has 168 valence electrons. The molecule has 9 heteroatoms. The van der Waals surface area contributed by atoms with Crippen LogP contribution in [0.15, 0.2) is 60.7 Å². The molecule has 0 aliphatic rings. The lowest BCUT2D eigenvalue weighted by Crippen LogP contribution is -2.48. The molecule has 8 nitrogen and oxygen atoms in total. The fourth-order valence-electron chi connectivity index (χ4n) is 3.00. The number of hydrogen-bond acceptors (Lipinski definition) is 5. The summed E-state index contributed by atoms with van der Waals surface area (Å²) in [6, 6.07) is 17.5. The van der Waals surface area contributed by atoms with Crippen molar-refractivity contribution in [3.8, 4) is 0 Å². The number of primary amides is 1. The molecule has 3 atom stereocenters. The minimum absolute atomic E-state index is 0.0609. The number of hydrogen-bond donors (Lipinski definition) is 3. The molecule has 0 radical (unpaired) electrons. The van der Waals surface area contributed by atoms with E-state index >= 15 is 0 Å². The Hall–Kier alpha value is -2.67. The van der Waals surface area contributed by atoms with Crippen LogP contribution in [0.1, 0.15) is 25.0 Å². The van der Waals surface area contributed by atoms with E-state index in [0.29, 0.717) is 0 Å². The molecule has 2 aromatic carbocycles. The molecule has 0 saturated carbocycles. The van der Waals surface area contributed by atoms with E-state index < -0.39 is 31.3 Å². The van der Waals surface area contributed by atoms with Gasteiger partial charge in [-0.25, -0.2) is 9.88 Å². The molecular formula is C22H30N3O5P. The summed E-state index contributed by atoms with van der Waals surface area (Å²) in [7, 11) is -2.49. The highest BCUT2D eigenvalue weighted by atomic mass is 31.2. The summed E-state index contributed by atoms with van der Waals surface area (Å²) < 4.78 is 24.3. The summed E-state index contributed by atoms with van der Waals surface area (Å²) in [6.45, 7) is 3.61. The molecule has 0 aliphatic heterocycles. The van der Waals surface area contributed by atoms with Crippen molar-refractivity contribution in [1.82, 2.24) is 10.4 Å². The van der Waals surface area contributed by atoms with Crippen molar-refractivity contribution in [2.45, 2.75) is 38.7 Å². The van der Waals surface area contributed by atoms with Gasteiger partial charge in [0.1, 0.15) is 12.4 Å². The van der Waals surface area contributed by atoms with Crippen LogP contribution in [-0.2, 0) is 31.6 Å². The lowest BCUT2D eigenvalue weighted by molar-refractivity contribution is -0.120. The summed E-state index contributed by atoms with van der Waals surface area (Å²) in [4.78, 5) is 24.4. The molecule has 2 unspecified atom stereocenters. The van der Waals surface area contributed by atoms with Crippen molar-refractivity contribution in [2.24, 2.45) is 11.7 Å². The Kier molecular flexibility index (Phi) is 9.24. The highest BCUT2D eigenvalue weighted by Gasteiger charge is 2.39. The fourth-order valence-corrected chi connectivity index (χ4v) is 5.08. The highest BCUT2D eigenvalue weighted by Crippen LogP contribution is 2.48. The van der Waals surface area contributed by atoms with Gasteiger partial charge in [0.05, 0.1) is 6.04 Å². The van der Waals surface area contributed by atoms with Crippen LogP contribution in [0.2, 0.25) is 0 Å². The minimum Gasteiger partial charge on any atom is -0.445 e. The van der Waals surface area contributed by atoms with Gasteiger partial charge in [-0.1, -0.05) is 74.5 Å². The van der Waals surface area contributed by atoms with Gasteiger partial charge in [-0.05, 0) is 17.0 Å². The first kappa shape index (κ1) is 24.6. The van der Waals surface area contributed by atoms with E-state index in [1.54, 1.807) is 13.8 Å². The van der Waals surface area contributed by atoms with Gasteiger partial charge in [-0.15, -0.1) is 0 Å². The van der Waals surface area contributed by atoms with Gasteiger partial charge in [0.15, 0.2) is 0 Å². The normalized spacial score (nSPS) is 15.0.